The summed E-state index contributed by atoms with van der Waals surface area (Å²) in [5.41, 5.74) is -0.501. The number of hydrogen-bond donors (Lipinski definition) is 0. The first-order valence-corrected chi connectivity index (χ1v) is 8.84. The van der Waals surface area contributed by atoms with Gasteiger partial charge in [0.1, 0.15) is 0 Å². The van der Waals surface area contributed by atoms with Crippen LogP contribution in [0.2, 0.25) is 0 Å². The zero-order chi connectivity index (χ0) is 20.2. The molecule has 0 aliphatic carbocycles. The van der Waals surface area contributed by atoms with Crippen molar-refractivity contribution < 1.29 is 32.0 Å². The Morgan fingerprint density at radius 1 is 1.29 bits per heavy atom. The van der Waals surface area contributed by atoms with Gasteiger partial charge < -0.3 is 19.1 Å². The van der Waals surface area contributed by atoms with E-state index in [1.54, 1.807) is 4.90 Å². The number of carbonyl (C=O) groups is 2. The number of aromatic nitrogens is 1. The first-order chi connectivity index (χ1) is 13.2. The second-order valence-electron chi connectivity index (χ2n) is 7.33. The number of likely N-dealkylation sites (tertiary alicyclic amines) is 1. The van der Waals surface area contributed by atoms with Crippen LogP contribution in [0.5, 0.6) is 0 Å². The minimum Gasteiger partial charge on any atom is -0.372 e. The number of benzene rings is 1. The van der Waals surface area contributed by atoms with Gasteiger partial charge in [0.15, 0.2) is 17.8 Å². The van der Waals surface area contributed by atoms with E-state index < -0.39 is 30.7 Å². The first kappa shape index (κ1) is 18.7. The SMILES string of the molecule is CC1CN(c2c(C=O)cc3c(C(=O)N4CC(F)(F)C4)noc3c2F)CC(C)O1. The van der Waals surface area contributed by atoms with Gasteiger partial charge in [-0.2, -0.15) is 0 Å². The summed E-state index contributed by atoms with van der Waals surface area (Å²) in [7, 11) is 0. The van der Waals surface area contributed by atoms with Crippen molar-refractivity contribution in [2.75, 3.05) is 31.1 Å². The fourth-order valence-corrected chi connectivity index (χ4v) is 3.78. The quantitative estimate of drug-likeness (QED) is 0.741. The summed E-state index contributed by atoms with van der Waals surface area (Å²) in [6, 6.07) is 1.31. The Hall–Kier alpha value is -2.62. The third-order valence-electron chi connectivity index (χ3n) is 4.91. The zero-order valence-electron chi connectivity index (χ0n) is 15.2. The van der Waals surface area contributed by atoms with Gasteiger partial charge in [-0.1, -0.05) is 5.16 Å². The molecular formula is C18H18F3N3O4. The topological polar surface area (TPSA) is 75.9 Å². The fourth-order valence-electron chi connectivity index (χ4n) is 3.78. The van der Waals surface area contributed by atoms with Crippen molar-refractivity contribution in [1.82, 2.24) is 10.1 Å². The van der Waals surface area contributed by atoms with E-state index in [1.165, 1.54) is 6.07 Å². The molecule has 2 saturated heterocycles. The van der Waals surface area contributed by atoms with Gasteiger partial charge in [-0.05, 0) is 19.9 Å². The van der Waals surface area contributed by atoms with Crippen molar-refractivity contribution in [3.63, 3.8) is 0 Å². The Balaban J connectivity index is 1.75. The molecule has 150 valence electrons. The maximum absolute atomic E-state index is 15.2. The van der Waals surface area contributed by atoms with Gasteiger partial charge in [0.25, 0.3) is 11.8 Å². The molecule has 0 bridgehead atoms. The summed E-state index contributed by atoms with van der Waals surface area (Å²) in [5.74, 6) is -4.55. The highest BCUT2D eigenvalue weighted by Crippen LogP contribution is 2.35. The molecule has 4 rings (SSSR count). The summed E-state index contributed by atoms with van der Waals surface area (Å²) in [6.45, 7) is 2.96. The number of rotatable bonds is 3. The van der Waals surface area contributed by atoms with Crippen LogP contribution in [0.1, 0.15) is 34.7 Å². The zero-order valence-corrected chi connectivity index (χ0v) is 15.2. The molecule has 2 aliphatic rings. The number of ether oxygens (including phenoxy) is 1. The lowest BCUT2D eigenvalue weighted by Crippen LogP contribution is -2.58. The van der Waals surface area contributed by atoms with Crippen LogP contribution in [0.25, 0.3) is 11.0 Å². The Morgan fingerprint density at radius 2 is 1.93 bits per heavy atom. The van der Waals surface area contributed by atoms with E-state index in [0.717, 1.165) is 4.90 Å². The number of anilines is 1. The monoisotopic (exact) mass is 397 g/mol. The maximum atomic E-state index is 15.2. The van der Waals surface area contributed by atoms with Crippen LogP contribution < -0.4 is 4.90 Å². The summed E-state index contributed by atoms with van der Waals surface area (Å²) in [4.78, 5) is 26.6. The van der Waals surface area contributed by atoms with Crippen LogP contribution >= 0.6 is 0 Å². The maximum Gasteiger partial charge on any atom is 0.282 e. The molecule has 0 N–H and O–H groups in total. The minimum atomic E-state index is -2.94. The van der Waals surface area contributed by atoms with Crippen LogP contribution in [-0.4, -0.2) is 66.6 Å². The van der Waals surface area contributed by atoms with E-state index in [9.17, 15) is 18.4 Å². The second kappa shape index (κ2) is 6.47. The Labute approximate surface area is 158 Å². The van der Waals surface area contributed by atoms with Crippen molar-refractivity contribution in [3.8, 4) is 0 Å². The number of aldehydes is 1. The predicted octanol–water partition coefficient (Wildman–Crippen LogP) is 2.48. The lowest BCUT2D eigenvalue weighted by atomic mass is 10.0. The summed E-state index contributed by atoms with van der Waals surface area (Å²) >= 11 is 0. The number of fused-ring (bicyclic) bond motifs is 1. The molecule has 28 heavy (non-hydrogen) atoms. The van der Waals surface area contributed by atoms with E-state index in [0.29, 0.717) is 19.4 Å². The number of nitrogens with zero attached hydrogens (tertiary/aromatic N) is 3. The molecule has 10 heteroatoms. The molecule has 0 saturated carbocycles. The highest BCUT2D eigenvalue weighted by Gasteiger charge is 2.47. The Morgan fingerprint density at radius 3 is 2.50 bits per heavy atom. The van der Waals surface area contributed by atoms with E-state index in [4.69, 9.17) is 9.26 Å². The standard InChI is InChI=1S/C18H18F3N3O4/c1-9-4-23(5-10(2)27-9)15-11(6-25)3-12-14(22-28-16(12)13(15)19)17(26)24-7-18(20,21)8-24/h3,6,9-10H,4-5,7-8H2,1-2H3. The first-order valence-electron chi connectivity index (χ1n) is 8.84. The summed E-state index contributed by atoms with van der Waals surface area (Å²) in [6.07, 6.45) is 0.151. The summed E-state index contributed by atoms with van der Waals surface area (Å²) in [5, 5.41) is 3.57. The van der Waals surface area contributed by atoms with E-state index in [1.807, 2.05) is 13.8 Å². The number of morpholine rings is 1. The van der Waals surface area contributed by atoms with E-state index in [2.05, 4.69) is 5.16 Å². The van der Waals surface area contributed by atoms with Gasteiger partial charge in [-0.15, -0.1) is 0 Å². The molecule has 7 nitrogen and oxygen atoms in total. The van der Waals surface area contributed by atoms with Crippen molar-refractivity contribution >= 4 is 28.8 Å². The highest BCUT2D eigenvalue weighted by atomic mass is 19.3. The van der Waals surface area contributed by atoms with E-state index >= 15 is 4.39 Å². The Kier molecular flexibility index (Phi) is 4.33. The largest absolute Gasteiger partial charge is 0.372 e. The normalized spacial score (nSPS) is 24.3. The van der Waals surface area contributed by atoms with Gasteiger partial charge in [-0.25, -0.2) is 13.2 Å². The van der Waals surface area contributed by atoms with Crippen molar-refractivity contribution in [3.05, 3.63) is 23.1 Å². The van der Waals surface area contributed by atoms with Crippen LogP contribution in [0.15, 0.2) is 10.6 Å². The molecule has 3 heterocycles. The van der Waals surface area contributed by atoms with Crippen LogP contribution in [0.3, 0.4) is 0 Å². The molecular weight excluding hydrogens is 379 g/mol. The number of hydrogen-bond acceptors (Lipinski definition) is 6. The fraction of sp³-hybridized carbons (Fsp3) is 0.500. The molecule has 0 spiro atoms. The van der Waals surface area contributed by atoms with Gasteiger partial charge >= 0.3 is 0 Å². The van der Waals surface area contributed by atoms with Crippen molar-refractivity contribution in [2.45, 2.75) is 32.0 Å². The average molecular weight is 397 g/mol. The van der Waals surface area contributed by atoms with Gasteiger partial charge in [0.05, 0.1) is 36.4 Å². The average Bonchev–Trinajstić information content (AvgIpc) is 3.02. The lowest BCUT2D eigenvalue weighted by Gasteiger charge is -2.38. The molecule has 1 amide bonds. The molecule has 2 atom stereocenters. The molecule has 2 fully saturated rings. The van der Waals surface area contributed by atoms with Gasteiger partial charge in [-0.3, -0.25) is 9.59 Å². The smallest absolute Gasteiger partial charge is 0.282 e. The molecule has 1 aromatic heterocycles. The number of carbonyl (C=O) groups excluding carboxylic acids is 2. The molecule has 2 aromatic rings. The third-order valence-corrected chi connectivity index (χ3v) is 4.91. The Bertz CT molecular complexity index is 943. The molecule has 1 aromatic carbocycles. The van der Waals surface area contributed by atoms with Crippen LogP contribution in [0, 0.1) is 5.82 Å². The molecule has 2 aliphatic heterocycles. The van der Waals surface area contributed by atoms with Gasteiger partial charge in [0.2, 0.25) is 5.58 Å². The van der Waals surface area contributed by atoms with Crippen molar-refractivity contribution in [1.29, 1.82) is 0 Å². The number of alkyl halides is 2. The summed E-state index contributed by atoms with van der Waals surface area (Å²) < 4.78 is 52.0. The minimum absolute atomic E-state index is 0.0158. The molecule has 2 unspecified atom stereocenters. The second-order valence-corrected chi connectivity index (χ2v) is 7.33. The number of halogens is 3. The van der Waals surface area contributed by atoms with Gasteiger partial charge in [0, 0.05) is 18.7 Å². The third kappa shape index (κ3) is 3.01. The van der Waals surface area contributed by atoms with E-state index in [-0.39, 0.29) is 40.1 Å². The lowest BCUT2D eigenvalue weighted by molar-refractivity contribution is -0.113. The van der Waals surface area contributed by atoms with Crippen LogP contribution in [0.4, 0.5) is 18.9 Å². The highest BCUT2D eigenvalue weighted by molar-refractivity contribution is 6.07. The predicted molar refractivity (Wildman–Crippen MR) is 92.4 cm³/mol. The molecule has 0 radical (unpaired) electrons. The van der Waals surface area contributed by atoms with Crippen molar-refractivity contribution in [2.24, 2.45) is 0 Å². The number of amides is 1. The van der Waals surface area contributed by atoms with Crippen LogP contribution in [-0.2, 0) is 4.74 Å².